The number of aliphatic hydroxyl groups is 1. The van der Waals surface area contributed by atoms with Gasteiger partial charge in [0.1, 0.15) is 18.5 Å². The Morgan fingerprint density at radius 3 is 2.47 bits per heavy atom. The van der Waals surface area contributed by atoms with E-state index in [0.29, 0.717) is 34.2 Å². The highest BCUT2D eigenvalue weighted by Crippen LogP contribution is 2.30. The van der Waals surface area contributed by atoms with Crippen LogP contribution in [0.1, 0.15) is 10.4 Å². The second-order valence-electron chi connectivity index (χ2n) is 6.22. The highest BCUT2D eigenvalue weighted by atomic mass is 16.5. The second-order valence-corrected chi connectivity index (χ2v) is 6.22. The quantitative estimate of drug-likeness (QED) is 0.521. The molecule has 0 amide bonds. The molecule has 0 aliphatic rings. The zero-order valence-corrected chi connectivity index (χ0v) is 16.8. The molecule has 1 N–H and O–H groups in total. The van der Waals surface area contributed by atoms with Gasteiger partial charge in [0.05, 0.1) is 33.4 Å². The maximum absolute atomic E-state index is 11.4. The summed E-state index contributed by atoms with van der Waals surface area (Å²) in [7, 11) is 4.42. The van der Waals surface area contributed by atoms with Crippen LogP contribution in [0.5, 0.6) is 17.2 Å². The first kappa shape index (κ1) is 21.1. The highest BCUT2D eigenvalue weighted by molar-refractivity contribution is 5.89. The molecular formula is C20H22N4O6. The Hall–Kier alpha value is -3.66. The van der Waals surface area contributed by atoms with Crippen LogP contribution < -0.4 is 14.2 Å². The largest absolute Gasteiger partial charge is 0.493 e. The second kappa shape index (κ2) is 9.70. The molecule has 1 heterocycles. The molecule has 1 aromatic heterocycles. The molecule has 0 saturated heterocycles. The van der Waals surface area contributed by atoms with Crippen molar-refractivity contribution in [3.8, 4) is 28.6 Å². The molecule has 0 radical (unpaired) electrons. The number of aliphatic hydroxyl groups excluding tert-OH is 1. The van der Waals surface area contributed by atoms with E-state index in [1.54, 1.807) is 56.7 Å². The smallest absolute Gasteiger partial charge is 0.337 e. The normalized spacial score (nSPS) is 11.6. The predicted molar refractivity (Wildman–Crippen MR) is 106 cm³/mol. The maximum Gasteiger partial charge on any atom is 0.337 e. The van der Waals surface area contributed by atoms with Gasteiger partial charge in [0.15, 0.2) is 11.5 Å². The van der Waals surface area contributed by atoms with Crippen LogP contribution in [-0.4, -0.2) is 65.3 Å². The molecule has 0 aliphatic carbocycles. The average molecular weight is 414 g/mol. The summed E-state index contributed by atoms with van der Waals surface area (Å²) in [5.41, 5.74) is 1.12. The minimum absolute atomic E-state index is 0.0187. The van der Waals surface area contributed by atoms with Gasteiger partial charge >= 0.3 is 5.97 Å². The molecule has 158 valence electrons. The fourth-order valence-electron chi connectivity index (χ4n) is 2.65. The Morgan fingerprint density at radius 1 is 1.07 bits per heavy atom. The van der Waals surface area contributed by atoms with Crippen molar-refractivity contribution < 1.29 is 28.8 Å². The number of hydrogen-bond donors (Lipinski definition) is 1. The van der Waals surface area contributed by atoms with Gasteiger partial charge in [0, 0.05) is 5.56 Å². The number of nitrogens with zero attached hydrogens (tertiary/aromatic N) is 4. The summed E-state index contributed by atoms with van der Waals surface area (Å²) in [6.07, 6.45) is -0.863. The molecule has 3 aromatic rings. The van der Waals surface area contributed by atoms with Gasteiger partial charge in [-0.2, -0.15) is 4.80 Å². The lowest BCUT2D eigenvalue weighted by Crippen LogP contribution is -2.25. The van der Waals surface area contributed by atoms with E-state index in [-0.39, 0.29) is 13.2 Å². The summed E-state index contributed by atoms with van der Waals surface area (Å²) < 4.78 is 20.7. The lowest BCUT2D eigenvalue weighted by molar-refractivity contribution is 0.0600. The van der Waals surface area contributed by atoms with Crippen molar-refractivity contribution in [3.63, 3.8) is 0 Å². The number of tetrazole rings is 1. The fourth-order valence-corrected chi connectivity index (χ4v) is 2.65. The minimum atomic E-state index is -0.863. The number of aromatic nitrogens is 4. The standard InChI is InChI=1S/C20H22N4O6/c1-27-17-9-6-14(10-18(17)28-2)19-21-23-24(22-19)11-15(25)12-30-16-7-4-13(5-8-16)20(26)29-3/h4-10,15,25H,11-12H2,1-3H3. The summed E-state index contributed by atoms with van der Waals surface area (Å²) in [6, 6.07) is 11.7. The molecule has 30 heavy (non-hydrogen) atoms. The Bertz CT molecular complexity index is 989. The van der Waals surface area contributed by atoms with E-state index in [4.69, 9.17) is 14.2 Å². The van der Waals surface area contributed by atoms with Gasteiger partial charge in [-0.25, -0.2) is 4.79 Å². The van der Waals surface area contributed by atoms with Crippen LogP contribution in [0.15, 0.2) is 42.5 Å². The van der Waals surface area contributed by atoms with E-state index >= 15 is 0 Å². The Morgan fingerprint density at radius 2 is 1.80 bits per heavy atom. The number of esters is 1. The molecule has 0 aliphatic heterocycles. The molecule has 0 spiro atoms. The molecule has 2 aromatic carbocycles. The van der Waals surface area contributed by atoms with Crippen LogP contribution in [0.2, 0.25) is 0 Å². The lowest BCUT2D eigenvalue weighted by Gasteiger charge is -2.11. The molecule has 1 unspecified atom stereocenters. The summed E-state index contributed by atoms with van der Waals surface area (Å²) >= 11 is 0. The van der Waals surface area contributed by atoms with Crippen molar-refractivity contribution >= 4 is 5.97 Å². The van der Waals surface area contributed by atoms with Crippen LogP contribution in [0.25, 0.3) is 11.4 Å². The number of carbonyl (C=O) groups is 1. The topological polar surface area (TPSA) is 118 Å². The summed E-state index contributed by atoms with van der Waals surface area (Å²) in [5.74, 6) is 1.63. The van der Waals surface area contributed by atoms with Crippen LogP contribution in [0.4, 0.5) is 0 Å². The number of benzene rings is 2. The van der Waals surface area contributed by atoms with E-state index < -0.39 is 12.1 Å². The van der Waals surface area contributed by atoms with Crippen molar-refractivity contribution in [2.45, 2.75) is 12.6 Å². The molecule has 1 atom stereocenters. The van der Waals surface area contributed by atoms with Crippen LogP contribution in [-0.2, 0) is 11.3 Å². The van der Waals surface area contributed by atoms with Gasteiger partial charge in [-0.05, 0) is 47.7 Å². The van der Waals surface area contributed by atoms with Crippen LogP contribution in [0, 0.1) is 0 Å². The highest BCUT2D eigenvalue weighted by Gasteiger charge is 2.13. The first-order chi connectivity index (χ1) is 14.5. The zero-order chi connectivity index (χ0) is 21.5. The van der Waals surface area contributed by atoms with Gasteiger partial charge in [0.2, 0.25) is 5.82 Å². The third-order valence-corrected chi connectivity index (χ3v) is 4.19. The summed E-state index contributed by atoms with van der Waals surface area (Å²) in [4.78, 5) is 12.7. The van der Waals surface area contributed by atoms with Crippen LogP contribution in [0.3, 0.4) is 0 Å². The van der Waals surface area contributed by atoms with Crippen molar-refractivity contribution in [2.75, 3.05) is 27.9 Å². The fraction of sp³-hybridized carbons (Fsp3) is 0.300. The SMILES string of the molecule is COC(=O)c1ccc(OCC(O)Cn2nnc(-c3ccc(OC)c(OC)c3)n2)cc1. The monoisotopic (exact) mass is 414 g/mol. The summed E-state index contributed by atoms with van der Waals surface area (Å²) in [6.45, 7) is 0.116. The third kappa shape index (κ3) is 5.03. The first-order valence-corrected chi connectivity index (χ1v) is 9.03. The van der Waals surface area contributed by atoms with E-state index in [1.807, 2.05) is 0 Å². The minimum Gasteiger partial charge on any atom is -0.493 e. The first-order valence-electron chi connectivity index (χ1n) is 9.03. The van der Waals surface area contributed by atoms with E-state index in [2.05, 4.69) is 20.1 Å². The van der Waals surface area contributed by atoms with E-state index in [0.717, 1.165) is 0 Å². The average Bonchev–Trinajstić information content (AvgIpc) is 3.25. The number of methoxy groups -OCH3 is 3. The maximum atomic E-state index is 11.4. The van der Waals surface area contributed by atoms with Crippen molar-refractivity contribution in [1.82, 2.24) is 20.2 Å². The number of ether oxygens (including phenoxy) is 4. The van der Waals surface area contributed by atoms with E-state index in [9.17, 15) is 9.90 Å². The van der Waals surface area contributed by atoms with Gasteiger partial charge in [-0.3, -0.25) is 0 Å². The molecular weight excluding hydrogens is 392 g/mol. The predicted octanol–water partition coefficient (Wildman–Crippen LogP) is 1.58. The van der Waals surface area contributed by atoms with Gasteiger partial charge < -0.3 is 24.1 Å². The molecule has 10 heteroatoms. The Kier molecular flexibility index (Phi) is 6.81. The van der Waals surface area contributed by atoms with E-state index in [1.165, 1.54) is 11.9 Å². The van der Waals surface area contributed by atoms with Gasteiger partial charge in [-0.15, -0.1) is 10.2 Å². The molecule has 3 rings (SSSR count). The molecule has 10 nitrogen and oxygen atoms in total. The molecule has 0 bridgehead atoms. The van der Waals surface area contributed by atoms with Crippen LogP contribution >= 0.6 is 0 Å². The molecule has 0 fully saturated rings. The van der Waals surface area contributed by atoms with Crippen molar-refractivity contribution in [2.24, 2.45) is 0 Å². The third-order valence-electron chi connectivity index (χ3n) is 4.19. The number of rotatable bonds is 9. The lowest BCUT2D eigenvalue weighted by atomic mass is 10.2. The van der Waals surface area contributed by atoms with Gasteiger partial charge in [-0.1, -0.05) is 0 Å². The summed E-state index contributed by atoms with van der Waals surface area (Å²) in [5, 5.41) is 22.5. The molecule has 0 saturated carbocycles. The Balaban J connectivity index is 1.57. The van der Waals surface area contributed by atoms with Crippen molar-refractivity contribution in [1.29, 1.82) is 0 Å². The number of carbonyl (C=O) groups excluding carboxylic acids is 1. The number of hydrogen-bond acceptors (Lipinski definition) is 9. The van der Waals surface area contributed by atoms with Gasteiger partial charge in [0.25, 0.3) is 0 Å². The Labute approximate surface area is 172 Å². The zero-order valence-electron chi connectivity index (χ0n) is 16.8. The van der Waals surface area contributed by atoms with Crippen molar-refractivity contribution in [3.05, 3.63) is 48.0 Å².